The smallest absolute Gasteiger partial charge is 0.405 e. The fraction of sp³-hybridized carbons (Fsp3) is 0.375. The largest absolute Gasteiger partial charge is 0.573 e. The van der Waals surface area contributed by atoms with Gasteiger partial charge in [-0.3, -0.25) is 13.9 Å². The first-order chi connectivity index (χ1) is 16.9. The zero-order valence-corrected chi connectivity index (χ0v) is 19.5. The minimum Gasteiger partial charge on any atom is -0.405 e. The van der Waals surface area contributed by atoms with E-state index in [0.717, 1.165) is 15.2 Å². The van der Waals surface area contributed by atoms with Crippen LogP contribution < -0.4 is 16.0 Å². The van der Waals surface area contributed by atoms with Gasteiger partial charge in [0, 0.05) is 33.2 Å². The molecule has 1 aromatic carbocycles. The van der Waals surface area contributed by atoms with Crippen LogP contribution in [0.3, 0.4) is 0 Å². The van der Waals surface area contributed by atoms with Crippen LogP contribution in [0.2, 0.25) is 0 Å². The average Bonchev–Trinajstić information content (AvgIpc) is 3.17. The molecule has 0 fully saturated rings. The molecule has 1 N–H and O–H groups in total. The Kier molecular flexibility index (Phi) is 6.65. The highest BCUT2D eigenvalue weighted by Gasteiger charge is 2.33. The van der Waals surface area contributed by atoms with E-state index in [1.54, 1.807) is 12.2 Å². The molecule has 0 amide bonds. The number of alkyl halides is 4. The van der Waals surface area contributed by atoms with E-state index in [1.807, 2.05) is 0 Å². The van der Waals surface area contributed by atoms with Gasteiger partial charge in [-0.2, -0.15) is 0 Å². The lowest BCUT2D eigenvalue weighted by molar-refractivity contribution is -0.274. The first-order valence-corrected chi connectivity index (χ1v) is 11.1. The SMILES string of the molecule is Cn1c(=O)n(CCCO)c(=O)c2c1nc(-c1ccccc1OC(F)(F)F)n2CC1=CCC(C)(F)C=C1. The number of benzene rings is 1. The minimum atomic E-state index is -4.98. The van der Waals surface area contributed by atoms with Gasteiger partial charge in [-0.05, 0) is 37.1 Å². The number of halogens is 4. The van der Waals surface area contributed by atoms with Gasteiger partial charge < -0.3 is 14.4 Å². The van der Waals surface area contributed by atoms with Gasteiger partial charge in [0.25, 0.3) is 5.56 Å². The van der Waals surface area contributed by atoms with Crippen molar-refractivity contribution in [3.8, 4) is 17.1 Å². The number of rotatable bonds is 7. The van der Waals surface area contributed by atoms with E-state index >= 15 is 0 Å². The standard InChI is InChI=1S/C24H24F4N4O4/c1-23(25)10-8-15(9-11-23)14-32-18-20(30(2)22(35)31(21(18)34)12-5-13-33)29-19(32)16-6-3-4-7-17(16)36-24(26,27)28/h3-4,6-10,33H,5,11-14H2,1-2H3. The molecule has 1 aliphatic rings. The Balaban J connectivity index is 2.00. The summed E-state index contributed by atoms with van der Waals surface area (Å²) in [6, 6.07) is 5.35. The number of aliphatic hydroxyl groups is 1. The highest BCUT2D eigenvalue weighted by molar-refractivity contribution is 5.79. The molecule has 0 saturated heterocycles. The lowest BCUT2D eigenvalue weighted by Gasteiger charge is -2.20. The van der Waals surface area contributed by atoms with E-state index in [4.69, 9.17) is 0 Å². The van der Waals surface area contributed by atoms with Crippen molar-refractivity contribution < 1.29 is 27.4 Å². The van der Waals surface area contributed by atoms with Gasteiger partial charge in [-0.1, -0.05) is 24.3 Å². The molecule has 0 spiro atoms. The van der Waals surface area contributed by atoms with Crippen molar-refractivity contribution in [2.24, 2.45) is 7.05 Å². The van der Waals surface area contributed by atoms with Crippen molar-refractivity contribution >= 4 is 11.2 Å². The van der Waals surface area contributed by atoms with Crippen molar-refractivity contribution in [2.75, 3.05) is 6.61 Å². The lowest BCUT2D eigenvalue weighted by atomic mass is 9.95. The summed E-state index contributed by atoms with van der Waals surface area (Å²) in [7, 11) is 1.40. The molecule has 2 aromatic heterocycles. The first-order valence-electron chi connectivity index (χ1n) is 11.1. The second-order valence-electron chi connectivity index (χ2n) is 8.71. The molecule has 0 saturated carbocycles. The Morgan fingerprint density at radius 3 is 2.56 bits per heavy atom. The summed E-state index contributed by atoms with van der Waals surface area (Å²) in [5.74, 6) is -0.559. The van der Waals surface area contributed by atoms with Crippen molar-refractivity contribution in [3.63, 3.8) is 0 Å². The third-order valence-corrected chi connectivity index (χ3v) is 5.87. The number of ether oxygens (including phenoxy) is 1. The number of allylic oxidation sites excluding steroid dienone is 4. The fourth-order valence-corrected chi connectivity index (χ4v) is 4.07. The Morgan fingerprint density at radius 1 is 1.19 bits per heavy atom. The maximum absolute atomic E-state index is 14.3. The van der Waals surface area contributed by atoms with Crippen LogP contribution in [0, 0.1) is 0 Å². The van der Waals surface area contributed by atoms with Crippen molar-refractivity contribution in [2.45, 2.75) is 44.9 Å². The van der Waals surface area contributed by atoms with E-state index in [2.05, 4.69) is 9.72 Å². The highest BCUT2D eigenvalue weighted by Crippen LogP contribution is 2.35. The van der Waals surface area contributed by atoms with E-state index in [0.29, 0.717) is 5.57 Å². The number of para-hydroxylation sites is 1. The van der Waals surface area contributed by atoms with Gasteiger partial charge in [0.15, 0.2) is 11.2 Å². The Morgan fingerprint density at radius 2 is 1.92 bits per heavy atom. The van der Waals surface area contributed by atoms with Gasteiger partial charge in [0.05, 0.1) is 5.56 Å². The molecule has 3 aromatic rings. The monoisotopic (exact) mass is 508 g/mol. The molecule has 0 radical (unpaired) electrons. The van der Waals surface area contributed by atoms with Gasteiger partial charge in [-0.15, -0.1) is 13.2 Å². The number of hydrogen-bond donors (Lipinski definition) is 1. The van der Waals surface area contributed by atoms with Gasteiger partial charge >= 0.3 is 12.1 Å². The minimum absolute atomic E-state index is 0.0188. The van der Waals surface area contributed by atoms with Crippen LogP contribution in [0.4, 0.5) is 17.6 Å². The molecule has 12 heteroatoms. The molecule has 4 rings (SSSR count). The van der Waals surface area contributed by atoms with Crippen LogP contribution in [0.15, 0.2) is 57.7 Å². The number of imidazole rings is 1. The molecule has 1 aliphatic carbocycles. The van der Waals surface area contributed by atoms with Crippen LogP contribution in [0.5, 0.6) is 5.75 Å². The topological polar surface area (TPSA) is 91.3 Å². The molecule has 1 atom stereocenters. The summed E-state index contributed by atoms with van der Waals surface area (Å²) in [5.41, 5.74) is -2.41. The summed E-state index contributed by atoms with van der Waals surface area (Å²) < 4.78 is 61.3. The summed E-state index contributed by atoms with van der Waals surface area (Å²) in [6.07, 6.45) is -0.196. The normalized spacial score (nSPS) is 18.0. The first kappa shape index (κ1) is 25.4. The van der Waals surface area contributed by atoms with Crippen LogP contribution in [-0.4, -0.2) is 42.4 Å². The predicted molar refractivity (Wildman–Crippen MR) is 124 cm³/mol. The van der Waals surface area contributed by atoms with E-state index < -0.39 is 29.0 Å². The zero-order valence-electron chi connectivity index (χ0n) is 19.5. The quantitative estimate of drug-likeness (QED) is 0.494. The number of nitrogens with zero attached hydrogens (tertiary/aromatic N) is 4. The van der Waals surface area contributed by atoms with Gasteiger partial charge in [0.1, 0.15) is 17.2 Å². The van der Waals surface area contributed by atoms with Crippen molar-refractivity contribution in [1.82, 2.24) is 18.7 Å². The zero-order chi connectivity index (χ0) is 26.3. The summed E-state index contributed by atoms with van der Waals surface area (Å²) in [4.78, 5) is 30.7. The predicted octanol–water partition coefficient (Wildman–Crippen LogP) is 3.46. The number of hydrogen-bond acceptors (Lipinski definition) is 5. The lowest BCUT2D eigenvalue weighted by Crippen LogP contribution is -2.40. The molecular weight excluding hydrogens is 484 g/mol. The van der Waals surface area contributed by atoms with Crippen molar-refractivity contribution in [1.29, 1.82) is 0 Å². The number of aromatic nitrogens is 4. The van der Waals surface area contributed by atoms with Gasteiger partial charge in [0.2, 0.25) is 0 Å². The van der Waals surface area contributed by atoms with Crippen LogP contribution >= 0.6 is 0 Å². The summed E-state index contributed by atoms with van der Waals surface area (Å²) >= 11 is 0. The highest BCUT2D eigenvalue weighted by atomic mass is 19.4. The second kappa shape index (κ2) is 9.41. The summed E-state index contributed by atoms with van der Waals surface area (Å²) in [5, 5.41) is 9.19. The Bertz CT molecular complexity index is 1480. The molecular formula is C24H24F4N4O4. The average molecular weight is 508 g/mol. The third kappa shape index (κ3) is 4.99. The Hall–Kier alpha value is -3.67. The molecule has 192 valence electrons. The molecule has 0 bridgehead atoms. The van der Waals surface area contributed by atoms with Crippen LogP contribution in [0.25, 0.3) is 22.6 Å². The second-order valence-corrected chi connectivity index (χ2v) is 8.71. The molecule has 36 heavy (non-hydrogen) atoms. The Labute approximate surface area is 202 Å². The van der Waals surface area contributed by atoms with E-state index in [9.17, 15) is 32.3 Å². The number of aryl methyl sites for hydroxylation is 1. The van der Waals surface area contributed by atoms with Crippen LogP contribution in [0.1, 0.15) is 19.8 Å². The van der Waals surface area contributed by atoms with Crippen LogP contribution in [-0.2, 0) is 20.1 Å². The maximum atomic E-state index is 14.3. The van der Waals surface area contributed by atoms with Gasteiger partial charge in [-0.25, -0.2) is 14.2 Å². The third-order valence-electron chi connectivity index (χ3n) is 5.87. The van der Waals surface area contributed by atoms with E-state index in [1.165, 1.54) is 42.8 Å². The fourth-order valence-electron chi connectivity index (χ4n) is 4.07. The molecule has 0 aliphatic heterocycles. The number of fused-ring (bicyclic) bond motifs is 1. The maximum Gasteiger partial charge on any atom is 0.573 e. The molecule has 2 heterocycles. The van der Waals surface area contributed by atoms with E-state index in [-0.39, 0.29) is 55.1 Å². The molecule has 8 nitrogen and oxygen atoms in total. The summed E-state index contributed by atoms with van der Waals surface area (Å²) in [6.45, 7) is 1.08. The van der Waals surface area contributed by atoms with Crippen molar-refractivity contribution in [3.05, 3.63) is 68.9 Å². The number of aliphatic hydroxyl groups excluding tert-OH is 1. The molecule has 1 unspecified atom stereocenters.